The Balaban J connectivity index is 2.15. The lowest BCUT2D eigenvalue weighted by Crippen LogP contribution is -2.29. The van der Waals surface area contributed by atoms with Crippen molar-refractivity contribution in [2.45, 2.75) is 45.2 Å². The lowest BCUT2D eigenvalue weighted by atomic mass is 10.1. The first-order valence-corrected chi connectivity index (χ1v) is 6.20. The Kier molecular flexibility index (Phi) is 3.44. The molecular weight excluding hydrogens is 198 g/mol. The van der Waals surface area contributed by atoms with E-state index in [0.29, 0.717) is 6.04 Å². The standard InChI is InChI=1S/C13H21N3/c1-3-12-5-4-8-16(12)13-7-6-11(9-15-13)10(2)14/h6-7,9-10,12H,3-5,8,14H2,1-2H3/t10-,12?/m1/s1. The maximum absolute atomic E-state index is 5.82. The first kappa shape index (κ1) is 11.4. The topological polar surface area (TPSA) is 42.1 Å². The van der Waals surface area contributed by atoms with Gasteiger partial charge in [-0.05, 0) is 37.8 Å². The molecule has 88 valence electrons. The molecule has 0 radical (unpaired) electrons. The fourth-order valence-electron chi connectivity index (χ4n) is 2.40. The summed E-state index contributed by atoms with van der Waals surface area (Å²) >= 11 is 0. The zero-order chi connectivity index (χ0) is 11.5. The second-order valence-electron chi connectivity index (χ2n) is 4.64. The predicted octanol–water partition coefficient (Wildman–Crippen LogP) is 2.48. The van der Waals surface area contributed by atoms with E-state index in [4.69, 9.17) is 5.73 Å². The van der Waals surface area contributed by atoms with Crippen molar-refractivity contribution < 1.29 is 0 Å². The van der Waals surface area contributed by atoms with Crippen molar-refractivity contribution in [2.24, 2.45) is 5.73 Å². The average Bonchev–Trinajstić information content (AvgIpc) is 2.77. The minimum atomic E-state index is 0.0714. The smallest absolute Gasteiger partial charge is 0.128 e. The molecule has 16 heavy (non-hydrogen) atoms. The van der Waals surface area contributed by atoms with E-state index in [1.807, 2.05) is 13.1 Å². The maximum Gasteiger partial charge on any atom is 0.128 e. The Bertz CT molecular complexity index is 332. The van der Waals surface area contributed by atoms with Gasteiger partial charge in [-0.15, -0.1) is 0 Å². The lowest BCUT2D eigenvalue weighted by molar-refractivity contribution is 0.640. The van der Waals surface area contributed by atoms with Crippen LogP contribution in [0.25, 0.3) is 0 Å². The first-order valence-electron chi connectivity index (χ1n) is 6.20. The minimum absolute atomic E-state index is 0.0714. The van der Waals surface area contributed by atoms with Gasteiger partial charge in [-0.1, -0.05) is 13.0 Å². The van der Waals surface area contributed by atoms with Crippen molar-refractivity contribution in [3.8, 4) is 0 Å². The van der Waals surface area contributed by atoms with Crippen LogP contribution in [0.1, 0.15) is 44.7 Å². The van der Waals surface area contributed by atoms with E-state index in [-0.39, 0.29) is 6.04 Å². The fraction of sp³-hybridized carbons (Fsp3) is 0.615. The second-order valence-corrected chi connectivity index (χ2v) is 4.64. The van der Waals surface area contributed by atoms with Crippen LogP contribution in [-0.4, -0.2) is 17.6 Å². The molecule has 2 heterocycles. The van der Waals surface area contributed by atoms with E-state index in [1.165, 1.54) is 19.3 Å². The minimum Gasteiger partial charge on any atom is -0.354 e. The Labute approximate surface area is 97.7 Å². The van der Waals surface area contributed by atoms with E-state index < -0.39 is 0 Å². The molecule has 2 rings (SSSR count). The number of nitrogens with two attached hydrogens (primary N) is 1. The highest BCUT2D eigenvalue weighted by atomic mass is 15.2. The third-order valence-electron chi connectivity index (χ3n) is 3.44. The maximum atomic E-state index is 5.82. The molecule has 1 aromatic rings. The SMILES string of the molecule is CCC1CCCN1c1ccc([C@@H](C)N)cn1. The molecule has 0 spiro atoms. The summed E-state index contributed by atoms with van der Waals surface area (Å²) in [7, 11) is 0. The van der Waals surface area contributed by atoms with Crippen molar-refractivity contribution in [1.82, 2.24) is 4.98 Å². The summed E-state index contributed by atoms with van der Waals surface area (Å²) in [6.07, 6.45) is 5.70. The van der Waals surface area contributed by atoms with Crippen molar-refractivity contribution in [1.29, 1.82) is 0 Å². The largest absolute Gasteiger partial charge is 0.354 e. The van der Waals surface area contributed by atoms with Gasteiger partial charge in [0, 0.05) is 24.8 Å². The molecule has 1 unspecified atom stereocenters. The first-order chi connectivity index (χ1) is 7.72. The molecule has 2 N–H and O–H groups in total. The number of hydrogen-bond donors (Lipinski definition) is 1. The van der Waals surface area contributed by atoms with Crippen molar-refractivity contribution in [3.63, 3.8) is 0 Å². The van der Waals surface area contributed by atoms with E-state index >= 15 is 0 Å². The summed E-state index contributed by atoms with van der Waals surface area (Å²) in [6, 6.07) is 4.95. The highest BCUT2D eigenvalue weighted by Gasteiger charge is 2.23. The number of anilines is 1. The van der Waals surface area contributed by atoms with Crippen molar-refractivity contribution >= 4 is 5.82 Å². The van der Waals surface area contributed by atoms with Gasteiger partial charge in [0.15, 0.2) is 0 Å². The summed E-state index contributed by atoms with van der Waals surface area (Å²) in [6.45, 7) is 5.38. The van der Waals surface area contributed by atoms with E-state index in [2.05, 4.69) is 28.9 Å². The van der Waals surface area contributed by atoms with Gasteiger partial charge in [-0.2, -0.15) is 0 Å². The van der Waals surface area contributed by atoms with Gasteiger partial charge < -0.3 is 10.6 Å². The molecule has 3 heteroatoms. The molecule has 1 aliphatic heterocycles. The van der Waals surface area contributed by atoms with Gasteiger partial charge in [-0.3, -0.25) is 0 Å². The van der Waals surface area contributed by atoms with Crippen LogP contribution in [0.5, 0.6) is 0 Å². The van der Waals surface area contributed by atoms with Crippen molar-refractivity contribution in [3.05, 3.63) is 23.9 Å². The van der Waals surface area contributed by atoms with Crippen LogP contribution in [0, 0.1) is 0 Å². The van der Waals surface area contributed by atoms with Crippen LogP contribution in [-0.2, 0) is 0 Å². The molecule has 0 bridgehead atoms. The number of aromatic nitrogens is 1. The van der Waals surface area contributed by atoms with E-state index in [9.17, 15) is 0 Å². The monoisotopic (exact) mass is 219 g/mol. The third-order valence-corrected chi connectivity index (χ3v) is 3.44. The Morgan fingerprint density at radius 1 is 1.56 bits per heavy atom. The molecule has 0 amide bonds. The highest BCUT2D eigenvalue weighted by Crippen LogP contribution is 2.25. The molecule has 2 atom stereocenters. The summed E-state index contributed by atoms with van der Waals surface area (Å²) in [5.41, 5.74) is 6.92. The lowest BCUT2D eigenvalue weighted by Gasteiger charge is -2.24. The van der Waals surface area contributed by atoms with Gasteiger partial charge in [0.1, 0.15) is 5.82 Å². The number of nitrogens with zero attached hydrogens (tertiary/aromatic N) is 2. The quantitative estimate of drug-likeness (QED) is 0.849. The fourth-order valence-corrected chi connectivity index (χ4v) is 2.40. The molecule has 0 aromatic carbocycles. The number of hydrogen-bond acceptors (Lipinski definition) is 3. The number of rotatable bonds is 3. The molecule has 1 aromatic heterocycles. The highest BCUT2D eigenvalue weighted by molar-refractivity contribution is 5.42. The van der Waals surface area contributed by atoms with Gasteiger partial charge in [0.2, 0.25) is 0 Å². The summed E-state index contributed by atoms with van der Waals surface area (Å²) in [4.78, 5) is 6.95. The van der Waals surface area contributed by atoms with Crippen LogP contribution >= 0.6 is 0 Å². The van der Waals surface area contributed by atoms with Crippen LogP contribution in [0.15, 0.2) is 18.3 Å². The van der Waals surface area contributed by atoms with E-state index in [1.54, 1.807) is 0 Å². The van der Waals surface area contributed by atoms with Gasteiger partial charge in [0.05, 0.1) is 0 Å². The Hall–Kier alpha value is -1.09. The molecular formula is C13H21N3. The van der Waals surface area contributed by atoms with Crippen LogP contribution in [0.2, 0.25) is 0 Å². The van der Waals surface area contributed by atoms with Gasteiger partial charge in [-0.25, -0.2) is 4.98 Å². The van der Waals surface area contributed by atoms with Crippen LogP contribution < -0.4 is 10.6 Å². The zero-order valence-corrected chi connectivity index (χ0v) is 10.2. The van der Waals surface area contributed by atoms with E-state index in [0.717, 1.165) is 17.9 Å². The zero-order valence-electron chi connectivity index (χ0n) is 10.2. The normalized spacial score (nSPS) is 22.4. The molecule has 0 aliphatic carbocycles. The second kappa shape index (κ2) is 4.83. The molecule has 1 saturated heterocycles. The molecule has 0 saturated carbocycles. The third kappa shape index (κ3) is 2.19. The van der Waals surface area contributed by atoms with Gasteiger partial charge in [0.25, 0.3) is 0 Å². The van der Waals surface area contributed by atoms with Crippen molar-refractivity contribution in [2.75, 3.05) is 11.4 Å². The molecule has 1 aliphatic rings. The number of pyridine rings is 1. The predicted molar refractivity (Wildman–Crippen MR) is 67.5 cm³/mol. The van der Waals surface area contributed by atoms with Gasteiger partial charge >= 0.3 is 0 Å². The van der Waals surface area contributed by atoms with Crippen LogP contribution in [0.4, 0.5) is 5.82 Å². The Morgan fingerprint density at radius 2 is 2.38 bits per heavy atom. The summed E-state index contributed by atoms with van der Waals surface area (Å²) in [5, 5.41) is 0. The van der Waals surface area contributed by atoms with Crippen LogP contribution in [0.3, 0.4) is 0 Å². The molecule has 1 fully saturated rings. The molecule has 3 nitrogen and oxygen atoms in total. The summed E-state index contributed by atoms with van der Waals surface area (Å²) < 4.78 is 0. The average molecular weight is 219 g/mol. The summed E-state index contributed by atoms with van der Waals surface area (Å²) in [5.74, 6) is 1.11. The Morgan fingerprint density at radius 3 is 2.94 bits per heavy atom.